The van der Waals surface area contributed by atoms with E-state index in [-0.39, 0.29) is 16.1 Å². The lowest BCUT2D eigenvalue weighted by atomic mass is 10.7. The summed E-state index contributed by atoms with van der Waals surface area (Å²) in [6.07, 6.45) is 0. The predicted octanol–water partition coefficient (Wildman–Crippen LogP) is -0.239. The normalized spacial score (nSPS) is 19.2. The number of nitrogens with one attached hydrogen (secondary N) is 3. The molecule has 1 fully saturated rings. The van der Waals surface area contributed by atoms with Gasteiger partial charge < -0.3 is 5.32 Å². The second-order valence-electron chi connectivity index (χ2n) is 1.22. The van der Waals surface area contributed by atoms with Crippen molar-refractivity contribution in [1.29, 1.82) is 10.8 Å². The van der Waals surface area contributed by atoms with Crippen LogP contribution in [0.1, 0.15) is 0 Å². The molecule has 5 heteroatoms. The second kappa shape index (κ2) is 1.59. The zero-order chi connectivity index (χ0) is 6.15. The minimum absolute atomic E-state index is 0.0417. The van der Waals surface area contributed by atoms with Gasteiger partial charge in [-0.3, -0.25) is 15.6 Å². The highest BCUT2D eigenvalue weighted by molar-refractivity contribution is 8.28. The van der Waals surface area contributed by atoms with Crippen LogP contribution in [0.5, 0.6) is 0 Å². The number of hydrogen-bond donors (Lipinski definition) is 3. The van der Waals surface area contributed by atoms with Gasteiger partial charge in [-0.1, -0.05) is 0 Å². The van der Waals surface area contributed by atoms with Crippen molar-refractivity contribution in [2.75, 3.05) is 0 Å². The maximum Gasteiger partial charge on any atom is 0.261 e. The van der Waals surface area contributed by atoms with Gasteiger partial charge in [0.1, 0.15) is 0 Å². The molecule has 0 amide bonds. The zero-order valence-corrected chi connectivity index (χ0v) is 4.63. The van der Waals surface area contributed by atoms with E-state index in [4.69, 9.17) is 10.8 Å². The summed E-state index contributed by atoms with van der Waals surface area (Å²) >= 11 is 0.737. The molecule has 0 aliphatic carbocycles. The van der Waals surface area contributed by atoms with Gasteiger partial charge in [-0.15, -0.1) is 0 Å². The van der Waals surface area contributed by atoms with E-state index in [1.54, 1.807) is 0 Å². The molecule has 0 spiro atoms. The Balaban J connectivity index is 2.79. The van der Waals surface area contributed by atoms with Crippen molar-refractivity contribution in [2.45, 2.75) is 0 Å². The molecule has 8 heavy (non-hydrogen) atoms. The van der Waals surface area contributed by atoms with E-state index in [2.05, 4.69) is 5.32 Å². The maximum atomic E-state index is 10.3. The average Bonchev–Trinajstić information content (AvgIpc) is 1.85. The minimum Gasteiger partial charge on any atom is -0.316 e. The first-order chi connectivity index (χ1) is 3.70. The van der Waals surface area contributed by atoms with Crippen LogP contribution in [-0.2, 0) is 4.79 Å². The quantitative estimate of drug-likeness (QED) is 0.422. The summed E-state index contributed by atoms with van der Waals surface area (Å²) in [5.74, 6) is -0.194. The third kappa shape index (κ3) is 0.717. The fourth-order valence-electron chi connectivity index (χ4n) is 0.334. The number of rotatable bonds is 0. The van der Waals surface area contributed by atoms with Crippen LogP contribution in [0.2, 0.25) is 0 Å². The third-order valence-electron chi connectivity index (χ3n) is 0.637. The molecule has 3 N–H and O–H groups in total. The standard InChI is InChI=1S/C3H3N3OS/c4-1-2(7)8-3(5)6-1/h(H3,4,5,6). The Morgan fingerprint density at radius 1 is 1.50 bits per heavy atom. The van der Waals surface area contributed by atoms with Crippen molar-refractivity contribution in [2.24, 2.45) is 0 Å². The van der Waals surface area contributed by atoms with Crippen LogP contribution < -0.4 is 5.32 Å². The second-order valence-corrected chi connectivity index (χ2v) is 2.20. The van der Waals surface area contributed by atoms with Gasteiger partial charge in [-0.25, -0.2) is 0 Å². The van der Waals surface area contributed by atoms with Crippen LogP contribution in [-0.4, -0.2) is 16.1 Å². The van der Waals surface area contributed by atoms with Gasteiger partial charge in [0.2, 0.25) is 0 Å². The number of hydrogen-bond acceptors (Lipinski definition) is 4. The van der Waals surface area contributed by atoms with E-state index in [9.17, 15) is 4.79 Å². The molecule has 1 heterocycles. The molecule has 0 aromatic rings. The van der Waals surface area contributed by atoms with Crippen LogP contribution in [0.4, 0.5) is 0 Å². The summed E-state index contributed by atoms with van der Waals surface area (Å²) in [6, 6.07) is 0. The Hall–Kier alpha value is -0.840. The van der Waals surface area contributed by atoms with Crippen LogP contribution >= 0.6 is 11.8 Å². The number of thioether (sulfide) groups is 1. The largest absolute Gasteiger partial charge is 0.316 e. The molecular formula is C3H3N3OS. The minimum atomic E-state index is -0.380. The summed E-state index contributed by atoms with van der Waals surface area (Å²) in [6.45, 7) is 0. The topological polar surface area (TPSA) is 76.8 Å². The molecule has 4 nitrogen and oxygen atoms in total. The number of carbonyl (C=O) groups excluding carboxylic acids is 1. The summed E-state index contributed by atoms with van der Waals surface area (Å²) in [7, 11) is 0. The van der Waals surface area contributed by atoms with Gasteiger partial charge in [0.05, 0.1) is 0 Å². The molecule has 0 unspecified atom stereocenters. The molecule has 0 atom stereocenters. The van der Waals surface area contributed by atoms with Crippen molar-refractivity contribution >= 4 is 27.9 Å². The van der Waals surface area contributed by atoms with Crippen molar-refractivity contribution in [1.82, 2.24) is 5.32 Å². The molecular weight excluding hydrogens is 126 g/mol. The number of carbonyl (C=O) groups is 1. The fraction of sp³-hybridized carbons (Fsp3) is 0. The molecule has 1 rings (SSSR count). The Labute approximate surface area is 49.7 Å². The van der Waals surface area contributed by atoms with E-state index in [1.807, 2.05) is 0 Å². The lowest BCUT2D eigenvalue weighted by Crippen LogP contribution is -2.20. The molecule has 0 radical (unpaired) electrons. The molecule has 0 aromatic carbocycles. The molecule has 42 valence electrons. The van der Waals surface area contributed by atoms with Gasteiger partial charge >= 0.3 is 0 Å². The zero-order valence-electron chi connectivity index (χ0n) is 3.82. The van der Waals surface area contributed by atoms with E-state index < -0.39 is 0 Å². The van der Waals surface area contributed by atoms with E-state index in [0.717, 1.165) is 11.8 Å². The maximum absolute atomic E-state index is 10.3. The van der Waals surface area contributed by atoms with Gasteiger partial charge in [0.25, 0.3) is 5.12 Å². The number of amidine groups is 2. The summed E-state index contributed by atoms with van der Waals surface area (Å²) in [5.41, 5.74) is 0. The van der Waals surface area contributed by atoms with Gasteiger partial charge in [-0.2, -0.15) is 0 Å². The average molecular weight is 129 g/mol. The Bertz CT molecular complexity index is 157. The first kappa shape index (κ1) is 5.30. The highest BCUT2D eigenvalue weighted by Crippen LogP contribution is 2.08. The lowest BCUT2D eigenvalue weighted by molar-refractivity contribution is -0.105. The molecule has 0 saturated carbocycles. The van der Waals surface area contributed by atoms with Gasteiger partial charge in [0.15, 0.2) is 11.0 Å². The van der Waals surface area contributed by atoms with Gasteiger partial charge in [0, 0.05) is 0 Å². The SMILES string of the molecule is N=C1NC(=N)C(=O)S1. The molecule has 1 aliphatic heterocycles. The first-order valence-electron chi connectivity index (χ1n) is 1.86. The van der Waals surface area contributed by atoms with Crippen molar-refractivity contribution < 1.29 is 4.79 Å². The molecule has 1 aliphatic rings. The predicted molar refractivity (Wildman–Crippen MR) is 31.2 cm³/mol. The highest BCUT2D eigenvalue weighted by atomic mass is 32.2. The monoisotopic (exact) mass is 129 g/mol. The van der Waals surface area contributed by atoms with Crippen LogP contribution in [0.25, 0.3) is 0 Å². The van der Waals surface area contributed by atoms with Crippen molar-refractivity contribution in [3.63, 3.8) is 0 Å². The molecule has 0 aromatic heterocycles. The molecule has 1 saturated heterocycles. The van der Waals surface area contributed by atoms with Crippen molar-refractivity contribution in [3.05, 3.63) is 0 Å². The Morgan fingerprint density at radius 2 is 2.12 bits per heavy atom. The van der Waals surface area contributed by atoms with Crippen molar-refractivity contribution in [3.8, 4) is 0 Å². The Morgan fingerprint density at radius 3 is 2.25 bits per heavy atom. The van der Waals surface area contributed by atoms with E-state index in [1.165, 1.54) is 0 Å². The highest BCUT2D eigenvalue weighted by Gasteiger charge is 2.21. The first-order valence-corrected chi connectivity index (χ1v) is 2.68. The summed E-state index contributed by atoms with van der Waals surface area (Å²) < 4.78 is 0. The van der Waals surface area contributed by atoms with Crippen LogP contribution in [0.3, 0.4) is 0 Å². The van der Waals surface area contributed by atoms with E-state index in [0.29, 0.717) is 0 Å². The third-order valence-corrected chi connectivity index (χ3v) is 1.33. The van der Waals surface area contributed by atoms with E-state index >= 15 is 0 Å². The van der Waals surface area contributed by atoms with Gasteiger partial charge in [-0.05, 0) is 11.8 Å². The van der Waals surface area contributed by atoms with Crippen LogP contribution in [0, 0.1) is 10.8 Å². The fourth-order valence-corrected chi connectivity index (χ4v) is 0.825. The van der Waals surface area contributed by atoms with Crippen LogP contribution in [0.15, 0.2) is 0 Å². The smallest absolute Gasteiger partial charge is 0.261 e. The Kier molecular flexibility index (Phi) is 1.05. The molecule has 0 bridgehead atoms. The summed E-state index contributed by atoms with van der Waals surface area (Å²) in [5, 5.41) is 15.5. The lowest BCUT2D eigenvalue weighted by Gasteiger charge is -1.83. The summed E-state index contributed by atoms with van der Waals surface area (Å²) in [4.78, 5) is 10.3.